The maximum Gasteiger partial charge on any atom is 0.313 e. The highest BCUT2D eigenvalue weighted by atomic mass is 16.5. The van der Waals surface area contributed by atoms with Crippen molar-refractivity contribution in [3.63, 3.8) is 0 Å². The van der Waals surface area contributed by atoms with Gasteiger partial charge >= 0.3 is 5.97 Å². The standard InChI is InChI=1S/C31H31NO3/c1-24(33)29(30(34)35-23-25-14-6-2-7-15-25)22-32-31(26-16-8-3-9-17-26,27-18-10-4-11-19-27)28-20-12-5-13-21-28/h2-21,24,29,32-33H,22-23H2,1H3. The van der Waals surface area contributed by atoms with E-state index >= 15 is 0 Å². The number of ether oxygens (including phenoxy) is 1. The van der Waals surface area contributed by atoms with Crippen LogP contribution in [0.15, 0.2) is 121 Å². The molecule has 2 atom stereocenters. The molecule has 0 aliphatic rings. The van der Waals surface area contributed by atoms with Crippen LogP contribution in [0.3, 0.4) is 0 Å². The first-order chi connectivity index (χ1) is 17.1. The molecule has 0 spiro atoms. The third-order valence-electron chi connectivity index (χ3n) is 6.32. The zero-order valence-corrected chi connectivity index (χ0v) is 19.9. The van der Waals surface area contributed by atoms with Gasteiger partial charge in [0.15, 0.2) is 0 Å². The molecule has 0 radical (unpaired) electrons. The van der Waals surface area contributed by atoms with Crippen LogP contribution in [0.2, 0.25) is 0 Å². The van der Waals surface area contributed by atoms with Gasteiger partial charge in [-0.15, -0.1) is 0 Å². The van der Waals surface area contributed by atoms with Crippen molar-refractivity contribution in [1.82, 2.24) is 5.32 Å². The smallest absolute Gasteiger partial charge is 0.313 e. The topological polar surface area (TPSA) is 58.6 Å². The van der Waals surface area contributed by atoms with E-state index in [2.05, 4.69) is 41.7 Å². The van der Waals surface area contributed by atoms with Gasteiger partial charge in [-0.05, 0) is 29.2 Å². The van der Waals surface area contributed by atoms with Gasteiger partial charge in [0.1, 0.15) is 6.61 Å². The summed E-state index contributed by atoms with van der Waals surface area (Å²) in [6.07, 6.45) is -0.884. The maximum absolute atomic E-state index is 13.1. The first kappa shape index (κ1) is 24.4. The van der Waals surface area contributed by atoms with E-state index in [0.29, 0.717) is 0 Å². The van der Waals surface area contributed by atoms with Gasteiger partial charge in [0.25, 0.3) is 0 Å². The Morgan fingerprint density at radius 3 is 1.54 bits per heavy atom. The number of hydrogen-bond acceptors (Lipinski definition) is 4. The van der Waals surface area contributed by atoms with E-state index < -0.39 is 23.5 Å². The first-order valence-electron chi connectivity index (χ1n) is 11.9. The summed E-state index contributed by atoms with van der Waals surface area (Å²) in [4.78, 5) is 13.1. The molecule has 0 fully saturated rings. The molecule has 0 amide bonds. The molecule has 0 bridgehead atoms. The van der Waals surface area contributed by atoms with Gasteiger partial charge in [0.05, 0.1) is 17.6 Å². The number of aliphatic hydroxyl groups is 1. The first-order valence-corrected chi connectivity index (χ1v) is 11.9. The number of hydrogen-bond donors (Lipinski definition) is 2. The van der Waals surface area contributed by atoms with Crippen molar-refractivity contribution >= 4 is 5.97 Å². The third kappa shape index (κ3) is 5.68. The minimum absolute atomic E-state index is 0.171. The summed E-state index contributed by atoms with van der Waals surface area (Å²) in [5.41, 5.74) is 3.31. The van der Waals surface area contributed by atoms with Crippen LogP contribution in [-0.4, -0.2) is 23.7 Å². The Kier molecular flexibility index (Phi) is 8.09. The lowest BCUT2D eigenvalue weighted by Crippen LogP contribution is -2.49. The van der Waals surface area contributed by atoms with Crippen LogP contribution >= 0.6 is 0 Å². The van der Waals surface area contributed by atoms with Crippen molar-refractivity contribution in [2.45, 2.75) is 25.2 Å². The van der Waals surface area contributed by atoms with Crippen LogP contribution in [0.25, 0.3) is 0 Å². The Morgan fingerprint density at radius 2 is 1.14 bits per heavy atom. The predicted molar refractivity (Wildman–Crippen MR) is 139 cm³/mol. The minimum atomic E-state index is -0.884. The number of carbonyl (C=O) groups is 1. The molecule has 0 aliphatic carbocycles. The van der Waals surface area contributed by atoms with E-state index in [0.717, 1.165) is 22.3 Å². The Bertz CT molecular complexity index is 1080. The van der Waals surface area contributed by atoms with Crippen LogP contribution in [0.5, 0.6) is 0 Å². The molecule has 35 heavy (non-hydrogen) atoms. The molecule has 4 aromatic rings. The second-order valence-corrected chi connectivity index (χ2v) is 8.67. The summed E-state index contributed by atoms with van der Waals surface area (Å²) in [6.45, 7) is 2.03. The molecule has 0 aromatic heterocycles. The van der Waals surface area contributed by atoms with Crippen LogP contribution < -0.4 is 5.32 Å². The van der Waals surface area contributed by atoms with Gasteiger partial charge in [0.2, 0.25) is 0 Å². The SMILES string of the molecule is CC(O)C(CNC(c1ccccc1)(c1ccccc1)c1ccccc1)C(=O)OCc1ccccc1. The Hall–Kier alpha value is -3.73. The summed E-state index contributed by atoms with van der Waals surface area (Å²) in [5, 5.41) is 14.2. The molecule has 178 valence electrons. The molecule has 2 unspecified atom stereocenters. The second-order valence-electron chi connectivity index (χ2n) is 8.67. The fraction of sp³-hybridized carbons (Fsp3) is 0.194. The van der Waals surface area contributed by atoms with Gasteiger partial charge in [0, 0.05) is 6.54 Å². The normalized spacial score (nSPS) is 13.1. The Balaban J connectivity index is 1.68. The van der Waals surface area contributed by atoms with Gasteiger partial charge in [-0.1, -0.05) is 121 Å². The molecule has 0 aliphatic heterocycles. The monoisotopic (exact) mass is 465 g/mol. The molecular weight excluding hydrogens is 434 g/mol. The summed E-state index contributed by atoms with van der Waals surface area (Å²) in [7, 11) is 0. The van der Waals surface area contributed by atoms with Gasteiger partial charge < -0.3 is 9.84 Å². The lowest BCUT2D eigenvalue weighted by atomic mass is 9.76. The van der Waals surface area contributed by atoms with Crippen molar-refractivity contribution in [2.75, 3.05) is 6.54 Å². The molecule has 0 saturated heterocycles. The molecule has 0 saturated carbocycles. The minimum Gasteiger partial charge on any atom is -0.460 e. The van der Waals surface area contributed by atoms with Gasteiger partial charge in [-0.2, -0.15) is 0 Å². The quantitative estimate of drug-likeness (QED) is 0.246. The lowest BCUT2D eigenvalue weighted by molar-refractivity contribution is -0.153. The molecular formula is C31H31NO3. The predicted octanol–water partition coefficient (Wildman–Crippen LogP) is 5.31. The average Bonchev–Trinajstić information content (AvgIpc) is 2.92. The fourth-order valence-corrected chi connectivity index (χ4v) is 4.42. The van der Waals surface area contributed by atoms with Crippen LogP contribution in [0.1, 0.15) is 29.2 Å². The van der Waals surface area contributed by atoms with E-state index in [4.69, 9.17) is 4.74 Å². The highest BCUT2D eigenvalue weighted by Gasteiger charge is 2.38. The average molecular weight is 466 g/mol. The molecule has 0 heterocycles. The Morgan fingerprint density at radius 1 is 0.743 bits per heavy atom. The third-order valence-corrected chi connectivity index (χ3v) is 6.32. The molecule has 4 rings (SSSR count). The van der Waals surface area contributed by atoms with Gasteiger partial charge in [-0.25, -0.2) is 0 Å². The van der Waals surface area contributed by atoms with Crippen LogP contribution in [0, 0.1) is 5.92 Å². The number of rotatable bonds is 10. The van der Waals surface area contributed by atoms with Crippen molar-refractivity contribution in [1.29, 1.82) is 0 Å². The molecule has 4 heteroatoms. The van der Waals surface area contributed by atoms with Crippen LogP contribution in [-0.2, 0) is 21.7 Å². The molecule has 4 aromatic carbocycles. The maximum atomic E-state index is 13.1. The Labute approximate surface area is 207 Å². The van der Waals surface area contributed by atoms with Crippen molar-refractivity contribution in [3.05, 3.63) is 144 Å². The summed E-state index contributed by atoms with van der Waals surface area (Å²) in [6, 6.07) is 40.1. The molecule has 4 nitrogen and oxygen atoms in total. The van der Waals surface area contributed by atoms with E-state index in [9.17, 15) is 9.90 Å². The second kappa shape index (κ2) is 11.6. The number of esters is 1. The van der Waals surface area contributed by atoms with Gasteiger partial charge in [-0.3, -0.25) is 10.1 Å². The van der Waals surface area contributed by atoms with E-state index in [-0.39, 0.29) is 13.2 Å². The zero-order valence-electron chi connectivity index (χ0n) is 19.9. The van der Waals surface area contributed by atoms with E-state index in [1.54, 1.807) is 6.92 Å². The zero-order chi connectivity index (χ0) is 24.5. The summed E-state index contributed by atoms with van der Waals surface area (Å²) < 4.78 is 5.59. The van der Waals surface area contributed by atoms with Crippen LogP contribution in [0.4, 0.5) is 0 Å². The van der Waals surface area contributed by atoms with Crippen molar-refractivity contribution in [2.24, 2.45) is 5.92 Å². The number of benzene rings is 4. The number of carbonyl (C=O) groups excluding carboxylic acids is 1. The van der Waals surface area contributed by atoms with E-state index in [1.807, 2.05) is 84.9 Å². The van der Waals surface area contributed by atoms with E-state index in [1.165, 1.54) is 0 Å². The van der Waals surface area contributed by atoms with Crippen molar-refractivity contribution in [3.8, 4) is 0 Å². The number of nitrogens with one attached hydrogen (secondary N) is 1. The fourth-order valence-electron chi connectivity index (χ4n) is 4.42. The molecule has 2 N–H and O–H groups in total. The van der Waals surface area contributed by atoms with Crippen molar-refractivity contribution < 1.29 is 14.6 Å². The summed E-state index contributed by atoms with van der Waals surface area (Å²) >= 11 is 0. The lowest BCUT2D eigenvalue weighted by Gasteiger charge is -2.38. The largest absolute Gasteiger partial charge is 0.460 e. The highest BCUT2D eigenvalue weighted by Crippen LogP contribution is 2.37. The highest BCUT2D eigenvalue weighted by molar-refractivity contribution is 5.73. The summed E-state index contributed by atoms with van der Waals surface area (Å²) in [5.74, 6) is -1.17. The number of aliphatic hydroxyl groups excluding tert-OH is 1.